The highest BCUT2D eigenvalue weighted by Crippen LogP contribution is 2.16. The van der Waals surface area contributed by atoms with Crippen LogP contribution in [0.15, 0.2) is 52.6 Å². The molecule has 0 unspecified atom stereocenters. The third-order valence-electron chi connectivity index (χ3n) is 3.62. The molecular formula is C17H14N6O2S. The molecule has 26 heavy (non-hydrogen) atoms. The fraction of sp³-hybridized carbons (Fsp3) is 0.118. The maximum absolute atomic E-state index is 12.2. The summed E-state index contributed by atoms with van der Waals surface area (Å²) in [7, 11) is 0. The van der Waals surface area contributed by atoms with Crippen molar-refractivity contribution in [1.29, 1.82) is 0 Å². The molecule has 0 bridgehead atoms. The minimum Gasteiger partial charge on any atom is -0.342 e. The number of nitrogens with zero attached hydrogens (tertiary/aromatic N) is 4. The molecule has 0 aliphatic carbocycles. The summed E-state index contributed by atoms with van der Waals surface area (Å²) in [6.07, 6.45) is 3.96. The molecule has 2 N–H and O–H groups in total. The average Bonchev–Trinajstić information content (AvgIpc) is 3.43. The van der Waals surface area contributed by atoms with Crippen molar-refractivity contribution in [2.24, 2.45) is 0 Å². The van der Waals surface area contributed by atoms with Gasteiger partial charge in [0, 0.05) is 29.3 Å². The van der Waals surface area contributed by atoms with Gasteiger partial charge in [0.05, 0.1) is 12.2 Å². The van der Waals surface area contributed by atoms with Gasteiger partial charge in [-0.05, 0) is 29.6 Å². The van der Waals surface area contributed by atoms with Gasteiger partial charge >= 0.3 is 0 Å². The van der Waals surface area contributed by atoms with Crippen LogP contribution in [0.25, 0.3) is 11.3 Å². The van der Waals surface area contributed by atoms with Gasteiger partial charge in [0.1, 0.15) is 5.69 Å². The Hall–Kier alpha value is -3.33. The van der Waals surface area contributed by atoms with Crippen molar-refractivity contribution in [3.05, 3.63) is 70.4 Å². The Morgan fingerprint density at radius 2 is 2.15 bits per heavy atom. The SMILES string of the molecule is O=C(NCc1nc(Cc2cccs2)no1)c1cc(-c2ccncc2)n[nH]1. The first-order valence-corrected chi connectivity index (χ1v) is 8.74. The van der Waals surface area contributed by atoms with E-state index in [1.807, 2.05) is 29.6 Å². The van der Waals surface area contributed by atoms with Crippen molar-refractivity contribution >= 4 is 17.2 Å². The topological polar surface area (TPSA) is 110 Å². The molecular weight excluding hydrogens is 352 g/mol. The molecule has 0 spiro atoms. The van der Waals surface area contributed by atoms with Gasteiger partial charge in [-0.25, -0.2) is 0 Å². The number of nitrogens with one attached hydrogen (secondary N) is 2. The number of carbonyl (C=O) groups excluding carboxylic acids is 1. The number of amides is 1. The first kappa shape index (κ1) is 16.2. The Bertz CT molecular complexity index is 993. The van der Waals surface area contributed by atoms with E-state index >= 15 is 0 Å². The predicted octanol–water partition coefficient (Wildman–Crippen LogP) is 2.44. The van der Waals surface area contributed by atoms with Crippen LogP contribution in [0.1, 0.15) is 27.1 Å². The highest BCUT2D eigenvalue weighted by atomic mass is 32.1. The molecule has 0 fully saturated rings. The largest absolute Gasteiger partial charge is 0.342 e. The van der Waals surface area contributed by atoms with Gasteiger partial charge in [-0.2, -0.15) is 10.1 Å². The van der Waals surface area contributed by atoms with Crippen molar-refractivity contribution in [1.82, 2.24) is 30.6 Å². The van der Waals surface area contributed by atoms with Gasteiger partial charge in [-0.3, -0.25) is 14.9 Å². The van der Waals surface area contributed by atoms with Crippen LogP contribution in [-0.2, 0) is 13.0 Å². The number of pyridine rings is 1. The van der Waals surface area contributed by atoms with Crippen molar-refractivity contribution < 1.29 is 9.32 Å². The predicted molar refractivity (Wildman–Crippen MR) is 94.4 cm³/mol. The smallest absolute Gasteiger partial charge is 0.269 e. The van der Waals surface area contributed by atoms with Gasteiger partial charge in [-0.15, -0.1) is 11.3 Å². The Balaban J connectivity index is 1.36. The van der Waals surface area contributed by atoms with Crippen molar-refractivity contribution in [2.45, 2.75) is 13.0 Å². The number of carbonyl (C=O) groups is 1. The minimum atomic E-state index is -0.296. The lowest BCUT2D eigenvalue weighted by atomic mass is 10.2. The monoisotopic (exact) mass is 366 g/mol. The van der Waals surface area contributed by atoms with E-state index in [-0.39, 0.29) is 12.5 Å². The maximum atomic E-state index is 12.2. The molecule has 4 aromatic rings. The average molecular weight is 366 g/mol. The van der Waals surface area contributed by atoms with E-state index in [0.29, 0.717) is 29.5 Å². The molecule has 0 atom stereocenters. The second kappa shape index (κ2) is 7.28. The lowest BCUT2D eigenvalue weighted by molar-refractivity contribution is 0.0941. The summed E-state index contributed by atoms with van der Waals surface area (Å²) >= 11 is 1.64. The maximum Gasteiger partial charge on any atom is 0.269 e. The van der Waals surface area contributed by atoms with Gasteiger partial charge in [0.25, 0.3) is 5.91 Å². The third-order valence-corrected chi connectivity index (χ3v) is 4.50. The summed E-state index contributed by atoms with van der Waals surface area (Å²) in [6.45, 7) is 0.153. The first-order chi connectivity index (χ1) is 12.8. The number of aromatic nitrogens is 5. The molecule has 0 aromatic carbocycles. The summed E-state index contributed by atoms with van der Waals surface area (Å²) in [4.78, 5) is 21.6. The van der Waals surface area contributed by atoms with Crippen LogP contribution < -0.4 is 5.32 Å². The number of H-pyrrole nitrogens is 1. The number of aromatic amines is 1. The second-order valence-electron chi connectivity index (χ2n) is 5.45. The molecule has 0 radical (unpaired) electrons. The Morgan fingerprint density at radius 3 is 2.96 bits per heavy atom. The highest BCUT2D eigenvalue weighted by molar-refractivity contribution is 7.09. The molecule has 9 heteroatoms. The van der Waals surface area contributed by atoms with Gasteiger partial charge in [-0.1, -0.05) is 11.2 Å². The van der Waals surface area contributed by atoms with Crippen LogP contribution in [0, 0.1) is 0 Å². The third kappa shape index (κ3) is 3.67. The normalized spacial score (nSPS) is 10.8. The fourth-order valence-corrected chi connectivity index (χ4v) is 3.06. The van der Waals surface area contributed by atoms with Crippen LogP contribution in [0.5, 0.6) is 0 Å². The zero-order chi connectivity index (χ0) is 17.8. The second-order valence-corrected chi connectivity index (χ2v) is 6.48. The Labute approximate surface area is 152 Å². The summed E-state index contributed by atoms with van der Waals surface area (Å²) < 4.78 is 5.17. The molecule has 8 nitrogen and oxygen atoms in total. The van der Waals surface area contributed by atoms with E-state index in [9.17, 15) is 4.79 Å². The summed E-state index contributed by atoms with van der Waals surface area (Å²) in [5, 5.41) is 15.5. The van der Waals surface area contributed by atoms with Crippen molar-refractivity contribution in [3.63, 3.8) is 0 Å². The molecule has 0 aliphatic heterocycles. The lowest BCUT2D eigenvalue weighted by Gasteiger charge is -1.98. The zero-order valence-electron chi connectivity index (χ0n) is 13.5. The fourth-order valence-electron chi connectivity index (χ4n) is 2.36. The van der Waals surface area contributed by atoms with Crippen LogP contribution in [0.4, 0.5) is 0 Å². The van der Waals surface area contributed by atoms with Crippen LogP contribution in [0.2, 0.25) is 0 Å². The molecule has 130 valence electrons. The van der Waals surface area contributed by atoms with Gasteiger partial charge in [0.15, 0.2) is 5.82 Å². The molecule has 0 aliphatic rings. The number of hydrogen-bond donors (Lipinski definition) is 2. The molecule has 0 saturated carbocycles. The van der Waals surface area contributed by atoms with E-state index in [2.05, 4.69) is 30.6 Å². The van der Waals surface area contributed by atoms with Crippen LogP contribution >= 0.6 is 11.3 Å². The van der Waals surface area contributed by atoms with Gasteiger partial charge in [0.2, 0.25) is 5.89 Å². The van der Waals surface area contributed by atoms with Gasteiger partial charge < -0.3 is 9.84 Å². The first-order valence-electron chi connectivity index (χ1n) is 7.86. The number of thiophene rings is 1. The molecule has 4 rings (SSSR count). The van der Waals surface area contributed by atoms with E-state index in [1.165, 1.54) is 0 Å². The summed E-state index contributed by atoms with van der Waals surface area (Å²) in [5.41, 5.74) is 1.91. The summed E-state index contributed by atoms with van der Waals surface area (Å²) in [5.74, 6) is 0.660. The highest BCUT2D eigenvalue weighted by Gasteiger charge is 2.13. The van der Waals surface area contributed by atoms with Crippen molar-refractivity contribution in [3.8, 4) is 11.3 Å². The van der Waals surface area contributed by atoms with Crippen molar-refractivity contribution in [2.75, 3.05) is 0 Å². The van der Waals surface area contributed by atoms with E-state index in [1.54, 1.807) is 29.8 Å². The Kier molecular flexibility index (Phi) is 4.52. The minimum absolute atomic E-state index is 0.153. The Morgan fingerprint density at radius 1 is 1.27 bits per heavy atom. The molecule has 1 amide bonds. The quantitative estimate of drug-likeness (QED) is 0.542. The zero-order valence-corrected chi connectivity index (χ0v) is 14.4. The molecule has 4 heterocycles. The van der Waals surface area contributed by atoms with E-state index < -0.39 is 0 Å². The number of rotatable bonds is 6. The molecule has 0 saturated heterocycles. The van der Waals surface area contributed by atoms with E-state index in [0.717, 1.165) is 10.4 Å². The molecule has 4 aromatic heterocycles. The lowest BCUT2D eigenvalue weighted by Crippen LogP contribution is -2.23. The standard InChI is InChI=1S/C17H14N6O2S/c24-17(14-9-13(21-22-14)11-3-5-18-6-4-11)19-10-16-20-15(23-25-16)8-12-2-1-7-26-12/h1-7,9H,8,10H2,(H,19,24)(H,21,22). The van der Waals surface area contributed by atoms with Crippen LogP contribution in [-0.4, -0.2) is 31.2 Å². The van der Waals surface area contributed by atoms with E-state index in [4.69, 9.17) is 4.52 Å². The van der Waals surface area contributed by atoms with Crippen LogP contribution in [0.3, 0.4) is 0 Å². The summed E-state index contributed by atoms with van der Waals surface area (Å²) in [6, 6.07) is 9.32. The number of hydrogen-bond acceptors (Lipinski definition) is 7.